The van der Waals surface area contributed by atoms with E-state index in [4.69, 9.17) is 4.98 Å². The molecule has 1 saturated carbocycles. The zero-order valence-electron chi connectivity index (χ0n) is 17.2. The highest BCUT2D eigenvalue weighted by molar-refractivity contribution is 7.17. The molecule has 0 spiro atoms. The first-order valence-electron chi connectivity index (χ1n) is 10.9. The van der Waals surface area contributed by atoms with E-state index in [1.165, 1.54) is 41.2 Å². The van der Waals surface area contributed by atoms with Crippen LogP contribution in [0.4, 0.5) is 5.00 Å². The van der Waals surface area contributed by atoms with Crippen LogP contribution in [0, 0.1) is 0 Å². The molecule has 0 aliphatic heterocycles. The van der Waals surface area contributed by atoms with E-state index >= 15 is 0 Å². The van der Waals surface area contributed by atoms with Crippen LogP contribution in [0.5, 0.6) is 0 Å². The summed E-state index contributed by atoms with van der Waals surface area (Å²) in [5.74, 6) is 0.539. The first-order valence-corrected chi connectivity index (χ1v) is 12.5. The van der Waals surface area contributed by atoms with Gasteiger partial charge in [0.05, 0.1) is 0 Å². The molecule has 1 unspecified atom stereocenters. The number of anilines is 1. The van der Waals surface area contributed by atoms with E-state index in [1.807, 2.05) is 0 Å². The average molecular weight is 446 g/mol. The van der Waals surface area contributed by atoms with Gasteiger partial charge in [0.1, 0.15) is 15.8 Å². The Bertz CT molecular complexity index is 1020. The molecule has 0 aromatic carbocycles. The molecule has 160 valence electrons. The monoisotopic (exact) mass is 445 g/mol. The zero-order chi connectivity index (χ0) is 20.9. The number of hydrogen-bond acceptors (Lipinski definition) is 7. The maximum absolute atomic E-state index is 11.8. The number of aryl methyl sites for hydroxylation is 1. The number of nitrogens with zero attached hydrogens (tertiary/aromatic N) is 2. The average Bonchev–Trinajstić information content (AvgIpc) is 3.36. The standard InChI is InChI=1S/C22H27N3O3S2/c1-22(28,15-8-4-2-6-13(15)21(26)27)24-20-17(14-7-3-5-9-16(14)29-20)19-23-18(25-30-19)12-10-11-12/h12,24,28H,2-11H2,1H3,(H,26,27). The third-order valence-corrected chi connectivity index (χ3v) is 8.39. The number of aliphatic hydroxyl groups is 1. The van der Waals surface area contributed by atoms with E-state index in [9.17, 15) is 15.0 Å². The Morgan fingerprint density at radius 1 is 1.13 bits per heavy atom. The molecule has 3 aliphatic rings. The fourth-order valence-corrected chi connectivity index (χ4v) is 6.98. The first-order chi connectivity index (χ1) is 14.4. The Balaban J connectivity index is 1.55. The quantitative estimate of drug-likeness (QED) is 0.536. The van der Waals surface area contributed by atoms with Gasteiger partial charge >= 0.3 is 5.97 Å². The molecule has 6 nitrogen and oxygen atoms in total. The SMILES string of the molecule is CC(O)(Nc1sc2c(c1-c1nc(C3CC3)ns1)CCCC2)C1=C(C(=O)O)CCCC1. The van der Waals surface area contributed by atoms with Gasteiger partial charge in [0, 0.05) is 21.9 Å². The van der Waals surface area contributed by atoms with Gasteiger partial charge in [-0.1, -0.05) is 0 Å². The van der Waals surface area contributed by atoms with Crippen LogP contribution in [-0.2, 0) is 17.6 Å². The summed E-state index contributed by atoms with van der Waals surface area (Å²) < 4.78 is 4.60. The van der Waals surface area contributed by atoms with Crippen LogP contribution in [0.25, 0.3) is 10.6 Å². The first kappa shape index (κ1) is 20.2. The van der Waals surface area contributed by atoms with Crippen LogP contribution in [0.3, 0.4) is 0 Å². The predicted octanol–water partition coefficient (Wildman–Crippen LogP) is 5.10. The molecule has 3 aliphatic carbocycles. The minimum absolute atomic E-state index is 0.355. The van der Waals surface area contributed by atoms with Crippen LogP contribution < -0.4 is 5.32 Å². The molecule has 30 heavy (non-hydrogen) atoms. The van der Waals surface area contributed by atoms with Crippen LogP contribution in [0.15, 0.2) is 11.1 Å². The summed E-state index contributed by atoms with van der Waals surface area (Å²) in [6, 6.07) is 0. The number of thiophene rings is 1. The van der Waals surface area contributed by atoms with Gasteiger partial charge in [-0.25, -0.2) is 9.78 Å². The normalized spacial score (nSPS) is 21.3. The van der Waals surface area contributed by atoms with Gasteiger partial charge in [-0.05, 0) is 93.8 Å². The number of aliphatic carboxylic acids is 1. The molecular formula is C22H27N3O3S2. The summed E-state index contributed by atoms with van der Waals surface area (Å²) in [6.07, 6.45) is 9.63. The van der Waals surface area contributed by atoms with Crippen LogP contribution in [0.2, 0.25) is 0 Å². The molecule has 2 heterocycles. The fraction of sp³-hybridized carbons (Fsp3) is 0.591. The molecule has 0 saturated heterocycles. The number of fused-ring (bicyclic) bond motifs is 1. The van der Waals surface area contributed by atoms with Crippen molar-refractivity contribution in [2.24, 2.45) is 0 Å². The van der Waals surface area contributed by atoms with Crippen molar-refractivity contribution in [2.45, 2.75) is 82.8 Å². The topological polar surface area (TPSA) is 95.3 Å². The minimum Gasteiger partial charge on any atom is -0.478 e. The van der Waals surface area contributed by atoms with Gasteiger partial charge in [-0.2, -0.15) is 4.37 Å². The molecule has 1 atom stereocenters. The maximum atomic E-state index is 11.8. The summed E-state index contributed by atoms with van der Waals surface area (Å²) >= 11 is 3.14. The van der Waals surface area contributed by atoms with Crippen molar-refractivity contribution in [1.29, 1.82) is 0 Å². The number of carboxylic acids is 1. The van der Waals surface area contributed by atoms with E-state index < -0.39 is 11.7 Å². The number of carbonyl (C=O) groups is 1. The van der Waals surface area contributed by atoms with E-state index in [-0.39, 0.29) is 0 Å². The van der Waals surface area contributed by atoms with Crippen LogP contribution in [-0.4, -0.2) is 31.3 Å². The summed E-state index contributed by atoms with van der Waals surface area (Å²) in [5.41, 5.74) is 1.97. The predicted molar refractivity (Wildman–Crippen MR) is 119 cm³/mol. The number of carboxylic acid groups (broad SMARTS) is 1. The highest BCUT2D eigenvalue weighted by Gasteiger charge is 2.36. The number of hydrogen-bond donors (Lipinski definition) is 3. The molecular weight excluding hydrogens is 418 g/mol. The van der Waals surface area contributed by atoms with Crippen molar-refractivity contribution >= 4 is 33.8 Å². The zero-order valence-corrected chi connectivity index (χ0v) is 18.8. The fourth-order valence-electron chi connectivity index (χ4n) is 4.70. The highest BCUT2D eigenvalue weighted by atomic mass is 32.1. The van der Waals surface area contributed by atoms with Gasteiger partial charge in [0.15, 0.2) is 5.72 Å². The van der Waals surface area contributed by atoms with E-state index in [0.717, 1.165) is 53.5 Å². The Kier molecular flexibility index (Phi) is 5.19. The third-order valence-electron chi connectivity index (χ3n) is 6.44. The van der Waals surface area contributed by atoms with Crippen molar-refractivity contribution in [3.05, 3.63) is 27.4 Å². The summed E-state index contributed by atoms with van der Waals surface area (Å²) in [7, 11) is 0. The van der Waals surface area contributed by atoms with Gasteiger partial charge in [-0.3, -0.25) is 0 Å². The van der Waals surface area contributed by atoms with E-state index in [0.29, 0.717) is 29.9 Å². The Labute approximate surface area is 184 Å². The van der Waals surface area contributed by atoms with Crippen molar-refractivity contribution in [3.8, 4) is 10.6 Å². The lowest BCUT2D eigenvalue weighted by Crippen LogP contribution is -2.39. The number of aromatic nitrogens is 2. The molecule has 8 heteroatoms. The van der Waals surface area contributed by atoms with Crippen molar-refractivity contribution in [2.75, 3.05) is 5.32 Å². The van der Waals surface area contributed by atoms with Crippen molar-refractivity contribution < 1.29 is 15.0 Å². The van der Waals surface area contributed by atoms with E-state index in [2.05, 4.69) is 9.69 Å². The van der Waals surface area contributed by atoms with Crippen LogP contribution >= 0.6 is 22.9 Å². The molecule has 3 N–H and O–H groups in total. The molecule has 0 radical (unpaired) electrons. The maximum Gasteiger partial charge on any atom is 0.331 e. The minimum atomic E-state index is -1.40. The highest BCUT2D eigenvalue weighted by Crippen LogP contribution is 2.48. The number of nitrogens with one attached hydrogen (secondary N) is 1. The lowest BCUT2D eigenvalue weighted by molar-refractivity contribution is -0.133. The second-order valence-corrected chi connectivity index (χ2v) is 10.7. The Hall–Kier alpha value is -1.77. The lowest BCUT2D eigenvalue weighted by atomic mass is 9.86. The molecule has 2 aromatic heterocycles. The van der Waals surface area contributed by atoms with Gasteiger partial charge in [-0.15, -0.1) is 11.3 Å². The lowest BCUT2D eigenvalue weighted by Gasteiger charge is -2.32. The molecule has 0 bridgehead atoms. The van der Waals surface area contributed by atoms with Crippen molar-refractivity contribution in [3.63, 3.8) is 0 Å². The Morgan fingerprint density at radius 2 is 1.87 bits per heavy atom. The molecule has 0 amide bonds. The van der Waals surface area contributed by atoms with Crippen LogP contribution in [0.1, 0.15) is 80.5 Å². The van der Waals surface area contributed by atoms with Gasteiger partial charge in [0.2, 0.25) is 0 Å². The van der Waals surface area contributed by atoms with Crippen molar-refractivity contribution in [1.82, 2.24) is 9.36 Å². The van der Waals surface area contributed by atoms with E-state index in [1.54, 1.807) is 18.3 Å². The molecule has 5 rings (SSSR count). The smallest absolute Gasteiger partial charge is 0.331 e. The summed E-state index contributed by atoms with van der Waals surface area (Å²) in [6.45, 7) is 1.69. The number of rotatable bonds is 6. The molecule has 2 aromatic rings. The van der Waals surface area contributed by atoms with Gasteiger partial charge in [0.25, 0.3) is 0 Å². The third kappa shape index (κ3) is 3.69. The molecule has 1 fully saturated rings. The summed E-state index contributed by atoms with van der Waals surface area (Å²) in [5, 5.41) is 26.2. The van der Waals surface area contributed by atoms with Gasteiger partial charge < -0.3 is 15.5 Å². The second-order valence-electron chi connectivity index (χ2n) is 8.81. The summed E-state index contributed by atoms with van der Waals surface area (Å²) in [4.78, 5) is 18.0. The largest absolute Gasteiger partial charge is 0.478 e. The second kappa shape index (κ2) is 7.73. The Morgan fingerprint density at radius 3 is 2.63 bits per heavy atom.